The molecule has 0 aromatic carbocycles. The predicted octanol–water partition coefficient (Wildman–Crippen LogP) is 1.30. The van der Waals surface area contributed by atoms with Crippen LogP contribution in [-0.4, -0.2) is 80.3 Å². The molecule has 1 unspecified atom stereocenters. The summed E-state index contributed by atoms with van der Waals surface area (Å²) in [4.78, 5) is 9.38. The van der Waals surface area contributed by atoms with E-state index in [1.807, 2.05) is 6.92 Å². The monoisotopic (exact) mass is 479 g/mol. The van der Waals surface area contributed by atoms with Crippen LogP contribution in [0, 0.1) is 0 Å². The number of rotatable bonds is 7. The summed E-state index contributed by atoms with van der Waals surface area (Å²) in [5, 5.41) is 17.1. The highest BCUT2D eigenvalue weighted by molar-refractivity contribution is 14.0. The van der Waals surface area contributed by atoms with Gasteiger partial charge < -0.3 is 30.0 Å². The Hall–Kier alpha value is -0.840. The maximum atomic E-state index is 10.5. The lowest BCUT2D eigenvalue weighted by molar-refractivity contribution is 0.0437. The maximum absolute atomic E-state index is 10.5. The van der Waals surface area contributed by atoms with E-state index in [-0.39, 0.29) is 30.5 Å². The topological polar surface area (TPSA) is 76.3 Å². The molecule has 1 aliphatic rings. The lowest BCUT2D eigenvalue weighted by Gasteiger charge is -2.22. The Labute approximate surface area is 174 Å². The zero-order valence-electron chi connectivity index (χ0n) is 16.2. The molecule has 7 nitrogen and oxygen atoms in total. The first-order valence-corrected chi connectivity index (χ1v) is 9.20. The van der Waals surface area contributed by atoms with Gasteiger partial charge in [0.1, 0.15) is 11.4 Å². The number of hydrogen-bond donors (Lipinski definition) is 3. The first kappa shape index (κ1) is 23.2. The van der Waals surface area contributed by atoms with Crippen molar-refractivity contribution in [3.63, 3.8) is 0 Å². The summed E-state index contributed by atoms with van der Waals surface area (Å²) in [6, 6.07) is 3.54. The molecule has 150 valence electrons. The molecular formula is C18H34IN5O2. The normalized spacial score (nSPS) is 19.3. The zero-order chi connectivity index (χ0) is 18.1. The molecule has 1 fully saturated rings. The Morgan fingerprint density at radius 1 is 1.31 bits per heavy atom. The van der Waals surface area contributed by atoms with Gasteiger partial charge in [0.2, 0.25) is 0 Å². The van der Waals surface area contributed by atoms with Crippen molar-refractivity contribution in [3.8, 4) is 0 Å². The number of aliphatic imine (C=N–C) groups is 1. The summed E-state index contributed by atoms with van der Waals surface area (Å²) in [6.45, 7) is 11.2. The van der Waals surface area contributed by atoms with Gasteiger partial charge in [-0.1, -0.05) is 0 Å². The lowest BCUT2D eigenvalue weighted by atomic mass is 10.0. The third-order valence-corrected chi connectivity index (χ3v) is 4.47. The first-order chi connectivity index (χ1) is 12.0. The molecular weight excluding hydrogens is 445 g/mol. The van der Waals surface area contributed by atoms with Gasteiger partial charge in [0.15, 0.2) is 5.96 Å². The second-order valence-corrected chi connectivity index (χ2v) is 6.87. The van der Waals surface area contributed by atoms with Gasteiger partial charge in [-0.2, -0.15) is 0 Å². The second kappa shape index (κ2) is 11.8. The van der Waals surface area contributed by atoms with E-state index in [1.165, 1.54) is 13.0 Å². The van der Waals surface area contributed by atoms with Crippen molar-refractivity contribution in [2.75, 3.05) is 59.4 Å². The summed E-state index contributed by atoms with van der Waals surface area (Å²) in [6.07, 6.45) is 2.78. The molecule has 8 heteroatoms. The predicted molar refractivity (Wildman–Crippen MR) is 116 cm³/mol. The summed E-state index contributed by atoms with van der Waals surface area (Å²) in [7, 11) is 2.18. The average molecular weight is 479 g/mol. The van der Waals surface area contributed by atoms with Crippen LogP contribution >= 0.6 is 24.0 Å². The number of guanidine groups is 1. The minimum absolute atomic E-state index is 0. The van der Waals surface area contributed by atoms with E-state index in [2.05, 4.69) is 32.5 Å². The van der Waals surface area contributed by atoms with E-state index in [0.29, 0.717) is 5.76 Å². The van der Waals surface area contributed by atoms with E-state index in [0.717, 1.165) is 45.2 Å². The average Bonchev–Trinajstić information content (AvgIpc) is 3.05. The highest BCUT2D eigenvalue weighted by Gasteiger charge is 2.26. The minimum atomic E-state index is -1.11. The van der Waals surface area contributed by atoms with Crippen molar-refractivity contribution in [3.05, 3.63) is 24.2 Å². The standard InChI is InChI=1S/C18H33N5O2.HI/c1-4-19-17(21-15-18(2,24)16-7-5-14-25-16)20-8-11-23-10-6-9-22(3)12-13-23;/h5,7,14,24H,4,6,8-13,15H2,1-3H3,(H2,19,20,21);1H. The molecule has 2 rings (SSSR count). The fraction of sp³-hybridized carbons (Fsp3) is 0.722. The second-order valence-electron chi connectivity index (χ2n) is 6.87. The highest BCUT2D eigenvalue weighted by atomic mass is 127. The lowest BCUT2D eigenvalue weighted by Crippen LogP contribution is -2.43. The van der Waals surface area contributed by atoms with E-state index in [9.17, 15) is 5.11 Å². The van der Waals surface area contributed by atoms with Crippen molar-refractivity contribution in [2.45, 2.75) is 25.9 Å². The van der Waals surface area contributed by atoms with Gasteiger partial charge in [-0.15, -0.1) is 24.0 Å². The Bertz CT molecular complexity index is 522. The molecule has 0 bridgehead atoms. The highest BCUT2D eigenvalue weighted by Crippen LogP contribution is 2.20. The van der Waals surface area contributed by atoms with Crippen LogP contribution in [0.1, 0.15) is 26.0 Å². The first-order valence-electron chi connectivity index (χ1n) is 9.20. The van der Waals surface area contributed by atoms with Crippen molar-refractivity contribution in [2.24, 2.45) is 4.99 Å². The van der Waals surface area contributed by atoms with Gasteiger partial charge in [0, 0.05) is 32.7 Å². The van der Waals surface area contributed by atoms with Crippen LogP contribution in [0.4, 0.5) is 0 Å². The molecule has 1 aromatic rings. The Morgan fingerprint density at radius 3 is 2.81 bits per heavy atom. The van der Waals surface area contributed by atoms with E-state index in [4.69, 9.17) is 4.42 Å². The largest absolute Gasteiger partial charge is 0.466 e. The van der Waals surface area contributed by atoms with Crippen molar-refractivity contribution >= 4 is 29.9 Å². The molecule has 0 saturated carbocycles. The quantitative estimate of drug-likeness (QED) is 0.311. The fourth-order valence-electron chi connectivity index (χ4n) is 2.89. The van der Waals surface area contributed by atoms with Gasteiger partial charge >= 0.3 is 0 Å². The van der Waals surface area contributed by atoms with Crippen LogP contribution in [0.3, 0.4) is 0 Å². The molecule has 0 radical (unpaired) electrons. The fourth-order valence-corrected chi connectivity index (χ4v) is 2.89. The van der Waals surface area contributed by atoms with Gasteiger partial charge in [-0.05, 0) is 52.5 Å². The van der Waals surface area contributed by atoms with E-state index < -0.39 is 5.60 Å². The van der Waals surface area contributed by atoms with E-state index in [1.54, 1.807) is 25.3 Å². The molecule has 1 aromatic heterocycles. The smallest absolute Gasteiger partial charge is 0.191 e. The molecule has 1 saturated heterocycles. The number of nitrogens with zero attached hydrogens (tertiary/aromatic N) is 3. The number of likely N-dealkylation sites (N-methyl/N-ethyl adjacent to an activating group) is 1. The van der Waals surface area contributed by atoms with Crippen molar-refractivity contribution < 1.29 is 9.52 Å². The van der Waals surface area contributed by atoms with Crippen LogP contribution in [0.5, 0.6) is 0 Å². The SMILES string of the molecule is CCNC(=NCC(C)(O)c1ccco1)NCCN1CCCN(C)CC1.I. The maximum Gasteiger partial charge on any atom is 0.191 e. The van der Waals surface area contributed by atoms with Crippen LogP contribution in [0.25, 0.3) is 0 Å². The Morgan fingerprint density at radius 2 is 2.12 bits per heavy atom. The van der Waals surface area contributed by atoms with Crippen molar-refractivity contribution in [1.82, 2.24) is 20.4 Å². The molecule has 3 N–H and O–H groups in total. The van der Waals surface area contributed by atoms with Gasteiger partial charge in [0.25, 0.3) is 0 Å². The molecule has 26 heavy (non-hydrogen) atoms. The molecule has 0 spiro atoms. The van der Waals surface area contributed by atoms with Crippen LogP contribution in [0.2, 0.25) is 0 Å². The number of hydrogen-bond acceptors (Lipinski definition) is 5. The molecule has 1 atom stereocenters. The summed E-state index contributed by atoms with van der Waals surface area (Å²) < 4.78 is 5.30. The Kier molecular flexibility index (Phi) is 10.5. The number of furan rings is 1. The number of aliphatic hydroxyl groups is 1. The molecule has 1 aliphatic heterocycles. The summed E-state index contributed by atoms with van der Waals surface area (Å²) in [5.74, 6) is 1.25. The van der Waals surface area contributed by atoms with Crippen LogP contribution in [-0.2, 0) is 5.60 Å². The van der Waals surface area contributed by atoms with Crippen molar-refractivity contribution in [1.29, 1.82) is 0 Å². The minimum Gasteiger partial charge on any atom is -0.466 e. The molecule has 0 amide bonds. The number of halogens is 1. The zero-order valence-corrected chi connectivity index (χ0v) is 18.5. The van der Waals surface area contributed by atoms with Gasteiger partial charge in [0.05, 0.1) is 12.8 Å². The third-order valence-electron chi connectivity index (χ3n) is 4.47. The van der Waals surface area contributed by atoms with Gasteiger partial charge in [-0.3, -0.25) is 0 Å². The Balaban J connectivity index is 0.00000338. The third kappa shape index (κ3) is 7.81. The summed E-state index contributed by atoms with van der Waals surface area (Å²) >= 11 is 0. The molecule has 0 aliphatic carbocycles. The van der Waals surface area contributed by atoms with E-state index >= 15 is 0 Å². The number of nitrogens with one attached hydrogen (secondary N) is 2. The van der Waals surface area contributed by atoms with Crippen LogP contribution in [0.15, 0.2) is 27.8 Å². The van der Waals surface area contributed by atoms with Crippen LogP contribution < -0.4 is 10.6 Å². The summed E-state index contributed by atoms with van der Waals surface area (Å²) in [5.41, 5.74) is -1.11. The molecule has 2 heterocycles. The van der Waals surface area contributed by atoms with Gasteiger partial charge in [-0.25, -0.2) is 4.99 Å².